The Labute approximate surface area is 195 Å². The Bertz CT molecular complexity index is 399. The third-order valence-corrected chi connectivity index (χ3v) is 5.90. The fourth-order valence-electron chi connectivity index (χ4n) is 3.40. The minimum absolute atomic E-state index is 0.140. The van der Waals surface area contributed by atoms with Gasteiger partial charge in [0.25, 0.3) is 0 Å². The zero-order valence-corrected chi connectivity index (χ0v) is 21.2. The van der Waals surface area contributed by atoms with Crippen molar-refractivity contribution in [2.75, 3.05) is 85.5 Å². The van der Waals surface area contributed by atoms with Crippen molar-refractivity contribution < 1.29 is 29.5 Å². The minimum Gasteiger partial charge on any atom is -0.389 e. The first kappa shape index (κ1) is 31.6. The van der Waals surface area contributed by atoms with E-state index in [2.05, 4.69) is 37.5 Å². The van der Waals surface area contributed by atoms with Crippen LogP contribution >= 0.6 is 0 Å². The molecule has 194 valence electrons. The number of aliphatic hydroxyl groups excluding tert-OH is 3. The van der Waals surface area contributed by atoms with Gasteiger partial charge in [0.05, 0.1) is 58.0 Å². The highest BCUT2D eigenvalue weighted by molar-refractivity contribution is 4.79. The number of nitrogens with zero attached hydrogens (tertiary/aromatic N) is 2. The molecule has 0 bridgehead atoms. The van der Waals surface area contributed by atoms with Crippen molar-refractivity contribution >= 4 is 0 Å². The van der Waals surface area contributed by atoms with Crippen LogP contribution in [0.4, 0.5) is 0 Å². The molecule has 3 atom stereocenters. The summed E-state index contributed by atoms with van der Waals surface area (Å²) < 4.78 is 17.5. The van der Waals surface area contributed by atoms with E-state index in [-0.39, 0.29) is 26.4 Å². The van der Waals surface area contributed by atoms with Gasteiger partial charge in [0.2, 0.25) is 0 Å². The maximum Gasteiger partial charge on any atom is 0.0900 e. The van der Waals surface area contributed by atoms with Gasteiger partial charge in [0.15, 0.2) is 0 Å². The molecule has 0 radical (unpaired) electrons. The van der Waals surface area contributed by atoms with Crippen molar-refractivity contribution in [2.24, 2.45) is 11.1 Å². The molecule has 9 heteroatoms. The Morgan fingerprint density at radius 3 is 1.28 bits per heavy atom. The van der Waals surface area contributed by atoms with Crippen molar-refractivity contribution in [3.05, 3.63) is 0 Å². The first-order valence-corrected chi connectivity index (χ1v) is 12.2. The zero-order chi connectivity index (χ0) is 24.4. The number of aliphatic hydroxyl groups is 3. The van der Waals surface area contributed by atoms with Gasteiger partial charge in [-0.3, -0.25) is 0 Å². The van der Waals surface area contributed by atoms with Crippen LogP contribution in [-0.2, 0) is 14.2 Å². The molecular formula is C23H51N3O6. The van der Waals surface area contributed by atoms with Gasteiger partial charge >= 0.3 is 0 Å². The third kappa shape index (κ3) is 14.0. The molecule has 5 N–H and O–H groups in total. The summed E-state index contributed by atoms with van der Waals surface area (Å²) in [6.07, 6.45) is -1.12. The summed E-state index contributed by atoms with van der Waals surface area (Å²) in [6, 6.07) is 0. The Kier molecular flexibility index (Phi) is 18.8. The first-order chi connectivity index (χ1) is 15.3. The van der Waals surface area contributed by atoms with E-state index in [1.54, 1.807) is 0 Å². The lowest BCUT2D eigenvalue weighted by atomic mass is 9.88. The standard InChI is InChI=1S/C23H51N3O6/c1-6-23(17-30-14-20(27)11-24,18-31-15-21(28)12-25(7-2)8-3)19-32-16-22(29)13-26(9-4)10-5/h20-22,27-29H,6-19,24H2,1-5H3. The van der Waals surface area contributed by atoms with E-state index in [1.165, 1.54) is 0 Å². The number of rotatable bonds is 22. The van der Waals surface area contributed by atoms with Crippen LogP contribution < -0.4 is 5.73 Å². The van der Waals surface area contributed by atoms with Crippen LogP contribution in [0.25, 0.3) is 0 Å². The molecular weight excluding hydrogens is 414 g/mol. The Morgan fingerprint density at radius 2 is 1.00 bits per heavy atom. The van der Waals surface area contributed by atoms with Gasteiger partial charge in [0.1, 0.15) is 0 Å². The zero-order valence-electron chi connectivity index (χ0n) is 21.2. The van der Waals surface area contributed by atoms with E-state index in [0.717, 1.165) is 32.6 Å². The number of hydrogen-bond donors (Lipinski definition) is 4. The highest BCUT2D eigenvalue weighted by Crippen LogP contribution is 2.24. The molecule has 9 nitrogen and oxygen atoms in total. The van der Waals surface area contributed by atoms with Crippen LogP contribution in [0.5, 0.6) is 0 Å². The molecule has 0 saturated carbocycles. The molecule has 32 heavy (non-hydrogen) atoms. The highest BCUT2D eigenvalue weighted by Gasteiger charge is 2.31. The highest BCUT2D eigenvalue weighted by atomic mass is 16.5. The van der Waals surface area contributed by atoms with Gasteiger partial charge in [0, 0.05) is 25.0 Å². The predicted molar refractivity (Wildman–Crippen MR) is 128 cm³/mol. The Hall–Kier alpha value is -0.360. The van der Waals surface area contributed by atoms with E-state index >= 15 is 0 Å². The average Bonchev–Trinajstić information content (AvgIpc) is 2.80. The van der Waals surface area contributed by atoms with E-state index in [0.29, 0.717) is 32.9 Å². The molecule has 0 spiro atoms. The SMILES string of the molecule is CCN(CC)CC(O)COCC(CC)(COCC(O)CN)COCC(O)CN(CC)CC. The quantitative estimate of drug-likeness (QED) is 0.177. The fourth-order valence-corrected chi connectivity index (χ4v) is 3.40. The predicted octanol–water partition coefficient (Wildman–Crippen LogP) is 0.158. The summed E-state index contributed by atoms with van der Waals surface area (Å²) in [6.45, 7) is 16.8. The molecule has 0 fully saturated rings. The average molecular weight is 466 g/mol. The number of ether oxygens (including phenoxy) is 3. The molecule has 0 amide bonds. The van der Waals surface area contributed by atoms with Crippen molar-refractivity contribution in [2.45, 2.75) is 59.4 Å². The Morgan fingerprint density at radius 1 is 0.656 bits per heavy atom. The summed E-state index contributed by atoms with van der Waals surface area (Å²) in [5.74, 6) is 0. The van der Waals surface area contributed by atoms with Gasteiger partial charge in [-0.1, -0.05) is 34.6 Å². The van der Waals surface area contributed by atoms with E-state index in [4.69, 9.17) is 19.9 Å². The lowest BCUT2D eigenvalue weighted by Crippen LogP contribution is -2.41. The van der Waals surface area contributed by atoms with E-state index in [1.807, 2.05) is 6.92 Å². The molecule has 0 aromatic rings. The molecule has 0 aliphatic rings. The number of likely N-dealkylation sites (N-methyl/N-ethyl adjacent to an activating group) is 2. The van der Waals surface area contributed by atoms with Crippen LogP contribution in [0.3, 0.4) is 0 Å². The second kappa shape index (κ2) is 19.0. The van der Waals surface area contributed by atoms with Gasteiger partial charge in [-0.15, -0.1) is 0 Å². The molecule has 0 aliphatic heterocycles. The van der Waals surface area contributed by atoms with Crippen molar-refractivity contribution in [3.8, 4) is 0 Å². The summed E-state index contributed by atoms with van der Waals surface area (Å²) in [7, 11) is 0. The molecule has 0 aromatic carbocycles. The lowest BCUT2D eigenvalue weighted by Gasteiger charge is -2.33. The van der Waals surface area contributed by atoms with Gasteiger partial charge in [-0.05, 0) is 32.6 Å². The Balaban J connectivity index is 4.79. The number of nitrogens with two attached hydrogens (primary N) is 1. The fraction of sp³-hybridized carbons (Fsp3) is 1.00. The van der Waals surface area contributed by atoms with Gasteiger partial charge < -0.3 is 45.1 Å². The van der Waals surface area contributed by atoms with Crippen LogP contribution in [0.15, 0.2) is 0 Å². The molecule has 0 aromatic heterocycles. The first-order valence-electron chi connectivity index (χ1n) is 12.2. The largest absolute Gasteiger partial charge is 0.389 e. The maximum absolute atomic E-state index is 10.3. The van der Waals surface area contributed by atoms with E-state index < -0.39 is 23.7 Å². The van der Waals surface area contributed by atoms with Crippen molar-refractivity contribution in [1.29, 1.82) is 0 Å². The van der Waals surface area contributed by atoms with Crippen LogP contribution in [-0.4, -0.2) is 129 Å². The maximum atomic E-state index is 10.3. The molecule has 3 unspecified atom stereocenters. The van der Waals surface area contributed by atoms with Crippen molar-refractivity contribution in [3.63, 3.8) is 0 Å². The van der Waals surface area contributed by atoms with Crippen molar-refractivity contribution in [1.82, 2.24) is 9.80 Å². The van der Waals surface area contributed by atoms with Crippen LogP contribution in [0.2, 0.25) is 0 Å². The monoisotopic (exact) mass is 465 g/mol. The summed E-state index contributed by atoms with van der Waals surface area (Å²) >= 11 is 0. The minimum atomic E-state index is -0.710. The smallest absolute Gasteiger partial charge is 0.0900 e. The van der Waals surface area contributed by atoms with Crippen LogP contribution in [0, 0.1) is 5.41 Å². The van der Waals surface area contributed by atoms with Gasteiger partial charge in [-0.2, -0.15) is 0 Å². The van der Waals surface area contributed by atoms with Gasteiger partial charge in [-0.25, -0.2) is 0 Å². The third-order valence-electron chi connectivity index (χ3n) is 5.90. The topological polar surface area (TPSA) is 121 Å². The molecule has 0 rings (SSSR count). The summed E-state index contributed by atoms with van der Waals surface area (Å²) in [5.41, 5.74) is 5.02. The summed E-state index contributed by atoms with van der Waals surface area (Å²) in [5, 5.41) is 30.3. The van der Waals surface area contributed by atoms with Crippen LogP contribution in [0.1, 0.15) is 41.0 Å². The second-order valence-corrected chi connectivity index (χ2v) is 8.57. The molecule has 0 saturated heterocycles. The summed E-state index contributed by atoms with van der Waals surface area (Å²) in [4.78, 5) is 4.30. The molecule has 0 heterocycles. The normalized spacial score (nSPS) is 17.0. The molecule has 0 aliphatic carbocycles. The van der Waals surface area contributed by atoms with E-state index in [9.17, 15) is 15.3 Å². The second-order valence-electron chi connectivity index (χ2n) is 8.57. The number of hydrogen-bond acceptors (Lipinski definition) is 9. The lowest BCUT2D eigenvalue weighted by molar-refractivity contribution is -0.102.